The SMILES string of the molecule is N#CC1CCC1C1=NCCO1. The van der Waals surface area contributed by atoms with Crippen molar-refractivity contribution in [2.24, 2.45) is 16.8 Å². The van der Waals surface area contributed by atoms with Gasteiger partial charge >= 0.3 is 0 Å². The van der Waals surface area contributed by atoms with Crippen LogP contribution >= 0.6 is 0 Å². The number of hydrogen-bond donors (Lipinski definition) is 0. The lowest BCUT2D eigenvalue weighted by atomic mass is 9.74. The van der Waals surface area contributed by atoms with Gasteiger partial charge in [-0.3, -0.25) is 4.99 Å². The van der Waals surface area contributed by atoms with Crippen molar-refractivity contribution in [1.82, 2.24) is 0 Å². The Bertz CT molecular complexity index is 229. The number of hydrogen-bond acceptors (Lipinski definition) is 3. The first-order valence-electron chi connectivity index (χ1n) is 3.98. The van der Waals surface area contributed by atoms with Gasteiger partial charge in [0.15, 0.2) is 5.90 Å². The molecule has 0 aromatic heterocycles. The highest BCUT2D eigenvalue weighted by Crippen LogP contribution is 2.35. The molecule has 0 N–H and O–H groups in total. The Hall–Kier alpha value is -1.04. The number of nitriles is 1. The lowest BCUT2D eigenvalue weighted by Crippen LogP contribution is -2.32. The Morgan fingerprint density at radius 2 is 2.45 bits per heavy atom. The van der Waals surface area contributed by atoms with Crippen LogP contribution < -0.4 is 0 Å². The molecule has 0 amide bonds. The molecule has 0 aromatic rings. The summed E-state index contributed by atoms with van der Waals surface area (Å²) < 4.78 is 5.29. The fourth-order valence-corrected chi connectivity index (χ4v) is 1.53. The first-order valence-corrected chi connectivity index (χ1v) is 3.98. The van der Waals surface area contributed by atoms with E-state index in [0.29, 0.717) is 12.5 Å². The van der Waals surface area contributed by atoms with Gasteiger partial charge in [0.25, 0.3) is 0 Å². The van der Waals surface area contributed by atoms with Gasteiger partial charge in [-0.1, -0.05) is 0 Å². The largest absolute Gasteiger partial charge is 0.479 e. The standard InChI is InChI=1S/C8H10N2O/c9-5-6-1-2-7(6)8-10-3-4-11-8/h6-7H,1-4H2. The molecule has 0 radical (unpaired) electrons. The second-order valence-electron chi connectivity index (χ2n) is 2.99. The molecule has 3 nitrogen and oxygen atoms in total. The van der Waals surface area contributed by atoms with Crippen LogP contribution in [0.3, 0.4) is 0 Å². The molecule has 2 unspecified atom stereocenters. The smallest absolute Gasteiger partial charge is 0.187 e. The van der Waals surface area contributed by atoms with Crippen LogP contribution in [-0.4, -0.2) is 19.0 Å². The van der Waals surface area contributed by atoms with Gasteiger partial charge < -0.3 is 4.74 Å². The van der Waals surface area contributed by atoms with Gasteiger partial charge in [-0.2, -0.15) is 5.26 Å². The Morgan fingerprint density at radius 3 is 2.91 bits per heavy atom. The highest BCUT2D eigenvalue weighted by atomic mass is 16.5. The maximum Gasteiger partial charge on any atom is 0.187 e. The molecule has 11 heavy (non-hydrogen) atoms. The van der Waals surface area contributed by atoms with Crippen molar-refractivity contribution >= 4 is 5.90 Å². The average Bonchev–Trinajstić information content (AvgIpc) is 2.39. The van der Waals surface area contributed by atoms with E-state index in [1.807, 2.05) is 0 Å². The van der Waals surface area contributed by atoms with Gasteiger partial charge in [-0.25, -0.2) is 0 Å². The van der Waals surface area contributed by atoms with E-state index in [4.69, 9.17) is 10.00 Å². The molecule has 1 aliphatic heterocycles. The zero-order chi connectivity index (χ0) is 7.68. The Kier molecular flexibility index (Phi) is 1.54. The number of nitrogens with zero attached hydrogens (tertiary/aromatic N) is 2. The second kappa shape index (κ2) is 2.54. The molecule has 1 heterocycles. The molecule has 0 saturated heterocycles. The third-order valence-electron chi connectivity index (χ3n) is 2.37. The van der Waals surface area contributed by atoms with Gasteiger partial charge in [0.2, 0.25) is 0 Å². The first-order chi connectivity index (χ1) is 5.42. The molecule has 1 fully saturated rings. The molecule has 1 aliphatic carbocycles. The Balaban J connectivity index is 2.01. The third-order valence-corrected chi connectivity index (χ3v) is 2.37. The summed E-state index contributed by atoms with van der Waals surface area (Å²) in [6, 6.07) is 2.27. The maximum absolute atomic E-state index is 8.66. The predicted octanol–water partition coefficient (Wildman–Crippen LogP) is 0.965. The fourth-order valence-electron chi connectivity index (χ4n) is 1.53. The first kappa shape index (κ1) is 6.66. The predicted molar refractivity (Wildman–Crippen MR) is 40.1 cm³/mol. The van der Waals surface area contributed by atoms with Gasteiger partial charge in [0.1, 0.15) is 6.61 Å². The van der Waals surface area contributed by atoms with Gasteiger partial charge in [0.05, 0.1) is 24.4 Å². The van der Waals surface area contributed by atoms with Crippen molar-refractivity contribution < 1.29 is 4.74 Å². The van der Waals surface area contributed by atoms with Crippen molar-refractivity contribution in [3.05, 3.63) is 0 Å². The number of ether oxygens (including phenoxy) is 1. The molecule has 2 rings (SSSR count). The molecular weight excluding hydrogens is 140 g/mol. The summed E-state index contributed by atoms with van der Waals surface area (Å²) in [6.45, 7) is 1.49. The summed E-state index contributed by atoms with van der Waals surface area (Å²) in [5.74, 6) is 1.33. The molecule has 58 valence electrons. The minimum atomic E-state index is 0.173. The van der Waals surface area contributed by atoms with E-state index in [1.165, 1.54) is 0 Å². The van der Waals surface area contributed by atoms with Gasteiger partial charge in [0, 0.05) is 0 Å². The van der Waals surface area contributed by atoms with Gasteiger partial charge in [-0.05, 0) is 12.8 Å². The summed E-state index contributed by atoms with van der Waals surface area (Å²) in [5.41, 5.74) is 0. The van der Waals surface area contributed by atoms with Crippen molar-refractivity contribution in [2.75, 3.05) is 13.2 Å². The van der Waals surface area contributed by atoms with E-state index >= 15 is 0 Å². The summed E-state index contributed by atoms with van der Waals surface area (Å²) in [5, 5.41) is 8.66. The van der Waals surface area contributed by atoms with E-state index in [9.17, 15) is 0 Å². The monoisotopic (exact) mass is 150 g/mol. The number of rotatable bonds is 1. The van der Waals surface area contributed by atoms with Crippen LogP contribution in [0.5, 0.6) is 0 Å². The zero-order valence-corrected chi connectivity index (χ0v) is 6.29. The van der Waals surface area contributed by atoms with Crippen LogP contribution in [0.15, 0.2) is 4.99 Å². The second-order valence-corrected chi connectivity index (χ2v) is 2.99. The molecule has 2 aliphatic rings. The lowest BCUT2D eigenvalue weighted by Gasteiger charge is -2.30. The van der Waals surface area contributed by atoms with Crippen molar-refractivity contribution in [1.29, 1.82) is 5.26 Å². The van der Waals surface area contributed by atoms with E-state index < -0.39 is 0 Å². The normalized spacial score (nSPS) is 35.0. The van der Waals surface area contributed by atoms with Crippen LogP contribution in [0.2, 0.25) is 0 Å². The zero-order valence-electron chi connectivity index (χ0n) is 6.29. The minimum absolute atomic E-state index is 0.173. The minimum Gasteiger partial charge on any atom is -0.479 e. The van der Waals surface area contributed by atoms with E-state index in [-0.39, 0.29) is 5.92 Å². The topological polar surface area (TPSA) is 45.4 Å². The molecule has 3 heteroatoms. The van der Waals surface area contributed by atoms with Crippen LogP contribution in [0.4, 0.5) is 0 Å². The molecule has 1 saturated carbocycles. The molecule has 0 aromatic carbocycles. The molecular formula is C8H10N2O. The summed E-state index contributed by atoms with van der Waals surface area (Å²) in [4.78, 5) is 4.20. The molecule has 0 bridgehead atoms. The van der Waals surface area contributed by atoms with Crippen LogP contribution in [0.1, 0.15) is 12.8 Å². The van der Waals surface area contributed by atoms with Crippen LogP contribution in [0.25, 0.3) is 0 Å². The Labute approximate surface area is 65.7 Å². The van der Waals surface area contributed by atoms with E-state index in [1.54, 1.807) is 0 Å². The summed E-state index contributed by atoms with van der Waals surface area (Å²) >= 11 is 0. The molecule has 0 spiro atoms. The van der Waals surface area contributed by atoms with E-state index in [0.717, 1.165) is 25.3 Å². The maximum atomic E-state index is 8.66. The highest BCUT2D eigenvalue weighted by molar-refractivity contribution is 5.81. The van der Waals surface area contributed by atoms with Crippen molar-refractivity contribution in [3.63, 3.8) is 0 Å². The summed E-state index contributed by atoms with van der Waals surface area (Å²) in [7, 11) is 0. The van der Waals surface area contributed by atoms with Crippen molar-refractivity contribution in [3.8, 4) is 6.07 Å². The quantitative estimate of drug-likeness (QED) is 0.559. The van der Waals surface area contributed by atoms with Crippen LogP contribution in [0, 0.1) is 23.2 Å². The third kappa shape index (κ3) is 0.988. The van der Waals surface area contributed by atoms with Crippen molar-refractivity contribution in [2.45, 2.75) is 12.8 Å². The Morgan fingerprint density at radius 1 is 1.55 bits per heavy atom. The lowest BCUT2D eigenvalue weighted by molar-refractivity contribution is 0.244. The fraction of sp³-hybridized carbons (Fsp3) is 0.750. The highest BCUT2D eigenvalue weighted by Gasteiger charge is 2.37. The summed E-state index contributed by atoms with van der Waals surface area (Å²) in [6.07, 6.45) is 2.10. The van der Waals surface area contributed by atoms with E-state index in [2.05, 4.69) is 11.1 Å². The average molecular weight is 150 g/mol. The van der Waals surface area contributed by atoms with Gasteiger partial charge in [-0.15, -0.1) is 0 Å². The number of aliphatic imine (C=N–C) groups is 1. The molecule has 2 atom stereocenters. The van der Waals surface area contributed by atoms with Crippen LogP contribution in [-0.2, 0) is 4.74 Å².